The second-order valence-electron chi connectivity index (χ2n) is 4.75. The van der Waals surface area contributed by atoms with Gasteiger partial charge in [-0.05, 0) is 24.6 Å². The van der Waals surface area contributed by atoms with Crippen molar-refractivity contribution < 1.29 is 9.72 Å². The van der Waals surface area contributed by atoms with Crippen LogP contribution in [0.2, 0.25) is 0 Å². The zero-order chi connectivity index (χ0) is 15.9. The van der Waals surface area contributed by atoms with Gasteiger partial charge in [-0.1, -0.05) is 30.3 Å². The Bertz CT molecular complexity index is 694. The molecule has 2 aromatic carbocycles. The minimum absolute atomic E-state index is 0.0553. The molecule has 0 spiro atoms. The highest BCUT2D eigenvalue weighted by Gasteiger charge is 2.08. The summed E-state index contributed by atoms with van der Waals surface area (Å²) in [5.74, 6) is -0.401. The van der Waals surface area contributed by atoms with Gasteiger partial charge in [0, 0.05) is 29.8 Å². The van der Waals surface area contributed by atoms with Crippen molar-refractivity contribution in [1.29, 1.82) is 0 Å². The highest BCUT2D eigenvalue weighted by Crippen LogP contribution is 2.11. The lowest BCUT2D eigenvalue weighted by atomic mass is 10.1. The number of carbonyl (C=O) groups excluding carboxylic acids is 1. The topological polar surface area (TPSA) is 84.6 Å². The van der Waals surface area contributed by atoms with E-state index in [0.717, 1.165) is 11.3 Å². The highest BCUT2D eigenvalue weighted by atomic mass is 16.6. The molecule has 1 N–H and O–H groups in total. The first-order valence-electron chi connectivity index (χ1n) is 6.68. The number of nitrogens with one attached hydrogen (secondary N) is 1. The lowest BCUT2D eigenvalue weighted by Crippen LogP contribution is -2.19. The summed E-state index contributed by atoms with van der Waals surface area (Å²) in [6, 6.07) is 15.2. The molecule has 0 bridgehead atoms. The van der Waals surface area contributed by atoms with E-state index in [2.05, 4.69) is 10.5 Å². The molecule has 0 radical (unpaired) electrons. The van der Waals surface area contributed by atoms with Crippen LogP contribution in [-0.2, 0) is 6.42 Å². The summed E-state index contributed by atoms with van der Waals surface area (Å²) >= 11 is 0. The molecule has 0 aliphatic heterocycles. The molecule has 0 unspecified atom stereocenters. The molecule has 0 aromatic heterocycles. The zero-order valence-electron chi connectivity index (χ0n) is 12.0. The van der Waals surface area contributed by atoms with Gasteiger partial charge in [-0.3, -0.25) is 14.9 Å². The molecule has 22 heavy (non-hydrogen) atoms. The van der Waals surface area contributed by atoms with Gasteiger partial charge >= 0.3 is 0 Å². The molecule has 2 rings (SSSR count). The number of nitro benzene ring substituents is 1. The van der Waals surface area contributed by atoms with Crippen LogP contribution >= 0.6 is 0 Å². The van der Waals surface area contributed by atoms with E-state index in [1.165, 1.54) is 24.3 Å². The summed E-state index contributed by atoms with van der Waals surface area (Å²) in [6.45, 7) is 1.82. The van der Waals surface area contributed by atoms with Gasteiger partial charge in [0.2, 0.25) is 0 Å². The van der Waals surface area contributed by atoms with Gasteiger partial charge in [0.25, 0.3) is 11.6 Å². The number of nitro groups is 1. The van der Waals surface area contributed by atoms with Gasteiger partial charge in [-0.2, -0.15) is 5.10 Å². The Morgan fingerprint density at radius 2 is 1.77 bits per heavy atom. The van der Waals surface area contributed by atoms with Crippen molar-refractivity contribution in [2.45, 2.75) is 13.3 Å². The fraction of sp³-hybridized carbons (Fsp3) is 0.125. The van der Waals surface area contributed by atoms with Crippen molar-refractivity contribution in [1.82, 2.24) is 5.43 Å². The normalized spacial score (nSPS) is 11.0. The molecule has 6 nitrogen and oxygen atoms in total. The molecule has 6 heteroatoms. The van der Waals surface area contributed by atoms with E-state index in [0.29, 0.717) is 12.0 Å². The van der Waals surface area contributed by atoms with Crippen LogP contribution in [0.3, 0.4) is 0 Å². The Kier molecular flexibility index (Phi) is 4.98. The molecule has 0 aliphatic rings. The fourth-order valence-electron chi connectivity index (χ4n) is 1.88. The molecule has 0 saturated carbocycles. The van der Waals surface area contributed by atoms with Crippen molar-refractivity contribution in [2.24, 2.45) is 5.10 Å². The van der Waals surface area contributed by atoms with Crippen LogP contribution < -0.4 is 5.43 Å². The molecular formula is C16H15N3O3. The number of rotatable bonds is 5. The van der Waals surface area contributed by atoms with Gasteiger partial charge in [-0.15, -0.1) is 0 Å². The van der Waals surface area contributed by atoms with Crippen molar-refractivity contribution in [3.63, 3.8) is 0 Å². The SMILES string of the molecule is C/C(Cc1ccccc1)=N\NC(=O)c1ccc([N+](=O)[O-])cc1. The molecule has 112 valence electrons. The van der Waals surface area contributed by atoms with Gasteiger partial charge in [0.05, 0.1) is 4.92 Å². The molecule has 1 amide bonds. The van der Waals surface area contributed by atoms with Crippen molar-refractivity contribution >= 4 is 17.3 Å². The van der Waals surface area contributed by atoms with Crippen LogP contribution in [0.4, 0.5) is 5.69 Å². The van der Waals surface area contributed by atoms with Crippen LogP contribution in [0.1, 0.15) is 22.8 Å². The minimum Gasteiger partial charge on any atom is -0.267 e. The Labute approximate surface area is 127 Å². The Morgan fingerprint density at radius 1 is 1.14 bits per heavy atom. The van der Waals surface area contributed by atoms with E-state index in [9.17, 15) is 14.9 Å². The first kappa shape index (κ1) is 15.4. The highest BCUT2D eigenvalue weighted by molar-refractivity contribution is 5.95. The molecule has 0 saturated heterocycles. The van der Waals surface area contributed by atoms with Crippen LogP contribution in [0.5, 0.6) is 0 Å². The monoisotopic (exact) mass is 297 g/mol. The van der Waals surface area contributed by atoms with E-state index in [4.69, 9.17) is 0 Å². The lowest BCUT2D eigenvalue weighted by Gasteiger charge is -2.03. The molecular weight excluding hydrogens is 282 g/mol. The first-order valence-corrected chi connectivity index (χ1v) is 6.68. The number of hydrogen-bond acceptors (Lipinski definition) is 4. The van der Waals surface area contributed by atoms with E-state index >= 15 is 0 Å². The van der Waals surface area contributed by atoms with E-state index < -0.39 is 10.8 Å². The summed E-state index contributed by atoms with van der Waals surface area (Å²) in [5.41, 5.74) is 4.58. The van der Waals surface area contributed by atoms with Gasteiger partial charge in [-0.25, -0.2) is 5.43 Å². The number of hydrazone groups is 1. The predicted molar refractivity (Wildman–Crippen MR) is 83.8 cm³/mol. The second kappa shape index (κ2) is 7.12. The Morgan fingerprint density at radius 3 is 2.36 bits per heavy atom. The Hall–Kier alpha value is -3.02. The van der Waals surface area contributed by atoms with Crippen LogP contribution in [0.15, 0.2) is 59.7 Å². The summed E-state index contributed by atoms with van der Waals surface area (Å²) in [4.78, 5) is 21.9. The number of hydrogen-bond donors (Lipinski definition) is 1. The standard InChI is InChI=1S/C16H15N3O3/c1-12(11-13-5-3-2-4-6-13)17-18-16(20)14-7-9-15(10-8-14)19(21)22/h2-10H,11H2,1H3,(H,18,20)/b17-12+. The maximum absolute atomic E-state index is 11.9. The molecule has 2 aromatic rings. The number of amides is 1. The minimum atomic E-state index is -0.510. The van der Waals surface area contributed by atoms with E-state index in [1.807, 2.05) is 37.3 Å². The smallest absolute Gasteiger partial charge is 0.267 e. The van der Waals surface area contributed by atoms with Gasteiger partial charge in [0.15, 0.2) is 0 Å². The van der Waals surface area contributed by atoms with Crippen molar-refractivity contribution in [2.75, 3.05) is 0 Å². The van der Waals surface area contributed by atoms with Crippen molar-refractivity contribution in [3.8, 4) is 0 Å². The average molecular weight is 297 g/mol. The van der Waals surface area contributed by atoms with Crippen LogP contribution in [0, 0.1) is 10.1 Å². The third-order valence-corrected chi connectivity index (χ3v) is 2.99. The van der Waals surface area contributed by atoms with Crippen LogP contribution in [-0.4, -0.2) is 16.5 Å². The lowest BCUT2D eigenvalue weighted by molar-refractivity contribution is -0.384. The van der Waals surface area contributed by atoms with Gasteiger partial charge < -0.3 is 0 Å². The Balaban J connectivity index is 1.96. The number of benzene rings is 2. The molecule has 0 aliphatic carbocycles. The average Bonchev–Trinajstić information content (AvgIpc) is 2.53. The summed E-state index contributed by atoms with van der Waals surface area (Å²) in [5, 5.41) is 14.6. The van der Waals surface area contributed by atoms with Crippen molar-refractivity contribution in [3.05, 3.63) is 75.8 Å². The van der Waals surface area contributed by atoms with E-state index in [-0.39, 0.29) is 5.69 Å². The molecule has 0 fully saturated rings. The number of non-ortho nitro benzene ring substituents is 1. The quantitative estimate of drug-likeness (QED) is 0.523. The number of nitrogens with zero attached hydrogens (tertiary/aromatic N) is 2. The third kappa shape index (κ3) is 4.24. The second-order valence-corrected chi connectivity index (χ2v) is 4.75. The maximum Gasteiger partial charge on any atom is 0.271 e. The molecule has 0 heterocycles. The summed E-state index contributed by atoms with van der Waals surface area (Å²) in [7, 11) is 0. The molecule has 0 atom stereocenters. The summed E-state index contributed by atoms with van der Waals surface area (Å²) in [6.07, 6.45) is 0.640. The largest absolute Gasteiger partial charge is 0.271 e. The van der Waals surface area contributed by atoms with Crippen LogP contribution in [0.25, 0.3) is 0 Å². The fourth-order valence-corrected chi connectivity index (χ4v) is 1.88. The first-order chi connectivity index (χ1) is 10.6. The van der Waals surface area contributed by atoms with Gasteiger partial charge in [0.1, 0.15) is 0 Å². The zero-order valence-corrected chi connectivity index (χ0v) is 12.0. The summed E-state index contributed by atoms with van der Waals surface area (Å²) < 4.78 is 0. The maximum atomic E-state index is 11.9. The predicted octanol–water partition coefficient (Wildman–Crippen LogP) is 2.94. The van der Waals surface area contributed by atoms with E-state index in [1.54, 1.807) is 0 Å². The third-order valence-electron chi connectivity index (χ3n) is 2.99. The number of carbonyl (C=O) groups is 1.